The van der Waals surface area contributed by atoms with Crippen LogP contribution in [0.2, 0.25) is 0 Å². The third-order valence-electron chi connectivity index (χ3n) is 2.12. The van der Waals surface area contributed by atoms with E-state index in [-0.39, 0.29) is 4.90 Å². The van der Waals surface area contributed by atoms with Crippen molar-refractivity contribution in [2.24, 2.45) is 0 Å². The quantitative estimate of drug-likeness (QED) is 0.589. The number of rotatable bonds is 5. The lowest BCUT2D eigenvalue weighted by atomic mass is 10.3. The molecule has 0 saturated heterocycles. The van der Waals surface area contributed by atoms with Crippen LogP contribution in [0.4, 0.5) is 0 Å². The van der Waals surface area contributed by atoms with Gasteiger partial charge in [0, 0.05) is 13.0 Å². The highest BCUT2D eigenvalue weighted by atomic mass is 32.2. The van der Waals surface area contributed by atoms with E-state index in [4.69, 9.17) is 6.42 Å². The van der Waals surface area contributed by atoms with E-state index in [1.807, 2.05) is 0 Å². The van der Waals surface area contributed by atoms with Gasteiger partial charge in [-0.1, -0.05) is 0 Å². The molecule has 0 amide bonds. The molecule has 0 aliphatic heterocycles. The molecule has 0 bridgehead atoms. The van der Waals surface area contributed by atoms with Crippen molar-refractivity contribution in [3.05, 3.63) is 11.4 Å². The first-order valence-corrected chi connectivity index (χ1v) is 6.42. The minimum atomic E-state index is -3.47. The zero-order chi connectivity index (χ0) is 12.2. The van der Waals surface area contributed by atoms with Crippen molar-refractivity contribution in [3.8, 4) is 12.3 Å². The summed E-state index contributed by atoms with van der Waals surface area (Å²) in [6, 6.07) is 0. The highest BCUT2D eigenvalue weighted by molar-refractivity contribution is 7.89. The minimum absolute atomic E-state index is 0.230. The molecule has 0 aliphatic carbocycles. The molecular formula is C10H15N3O2S. The lowest BCUT2D eigenvalue weighted by Gasteiger charge is -2.05. The molecule has 1 heterocycles. The summed E-state index contributed by atoms with van der Waals surface area (Å²) in [6.07, 6.45) is 6.27. The summed E-state index contributed by atoms with van der Waals surface area (Å²) >= 11 is 0. The van der Waals surface area contributed by atoms with Crippen LogP contribution in [0.25, 0.3) is 0 Å². The second kappa shape index (κ2) is 5.14. The number of hydrogen-bond acceptors (Lipinski definition) is 3. The van der Waals surface area contributed by atoms with Gasteiger partial charge in [-0.25, -0.2) is 13.1 Å². The molecule has 2 N–H and O–H groups in total. The van der Waals surface area contributed by atoms with E-state index in [1.165, 1.54) is 0 Å². The van der Waals surface area contributed by atoms with Gasteiger partial charge in [0.15, 0.2) is 0 Å². The Kier molecular flexibility index (Phi) is 4.10. The number of terminal acetylenes is 1. The highest BCUT2D eigenvalue weighted by Crippen LogP contribution is 2.15. The predicted octanol–water partition coefficient (Wildman–Crippen LogP) is 0.718. The molecule has 88 valence electrons. The number of hydrogen-bond donors (Lipinski definition) is 2. The first-order chi connectivity index (χ1) is 7.49. The second-order valence-electron chi connectivity index (χ2n) is 3.47. The summed E-state index contributed by atoms with van der Waals surface area (Å²) in [4.78, 5) is 0.230. The maximum absolute atomic E-state index is 11.9. The van der Waals surface area contributed by atoms with E-state index in [2.05, 4.69) is 20.8 Å². The molecule has 0 aromatic carbocycles. The van der Waals surface area contributed by atoms with Gasteiger partial charge in [-0.05, 0) is 20.3 Å². The fourth-order valence-corrected chi connectivity index (χ4v) is 2.85. The largest absolute Gasteiger partial charge is 0.281 e. The van der Waals surface area contributed by atoms with Crippen molar-refractivity contribution in [2.45, 2.75) is 31.6 Å². The molecule has 0 fully saturated rings. The Morgan fingerprint density at radius 3 is 2.69 bits per heavy atom. The summed E-state index contributed by atoms with van der Waals surface area (Å²) in [7, 11) is -3.47. The van der Waals surface area contributed by atoms with Crippen LogP contribution in [0.15, 0.2) is 4.90 Å². The van der Waals surface area contributed by atoms with Crippen molar-refractivity contribution in [3.63, 3.8) is 0 Å². The minimum Gasteiger partial charge on any atom is -0.281 e. The van der Waals surface area contributed by atoms with Crippen LogP contribution < -0.4 is 4.72 Å². The summed E-state index contributed by atoms with van der Waals surface area (Å²) in [5.41, 5.74) is 1.02. The average molecular weight is 241 g/mol. The molecule has 0 radical (unpaired) electrons. The number of sulfonamides is 1. The maximum atomic E-state index is 11.9. The van der Waals surface area contributed by atoms with E-state index in [9.17, 15) is 8.42 Å². The zero-order valence-electron chi connectivity index (χ0n) is 9.37. The molecule has 16 heavy (non-hydrogen) atoms. The van der Waals surface area contributed by atoms with Crippen LogP contribution in [0, 0.1) is 26.2 Å². The van der Waals surface area contributed by atoms with Gasteiger partial charge in [-0.3, -0.25) is 5.10 Å². The number of H-pyrrole nitrogens is 1. The number of aromatic nitrogens is 2. The third-order valence-corrected chi connectivity index (χ3v) is 3.84. The second-order valence-corrected chi connectivity index (χ2v) is 5.17. The van der Waals surface area contributed by atoms with E-state index < -0.39 is 10.0 Å². The Balaban J connectivity index is 2.76. The van der Waals surface area contributed by atoms with E-state index in [0.29, 0.717) is 30.8 Å². The van der Waals surface area contributed by atoms with E-state index in [0.717, 1.165) is 0 Å². The van der Waals surface area contributed by atoms with Crippen molar-refractivity contribution < 1.29 is 8.42 Å². The monoisotopic (exact) mass is 241 g/mol. The normalized spacial score (nSPS) is 11.3. The Morgan fingerprint density at radius 1 is 1.50 bits per heavy atom. The first-order valence-electron chi connectivity index (χ1n) is 4.93. The molecule has 1 aromatic heterocycles. The highest BCUT2D eigenvalue weighted by Gasteiger charge is 2.21. The number of nitrogens with one attached hydrogen (secondary N) is 2. The molecule has 0 spiro atoms. The Morgan fingerprint density at radius 2 is 2.19 bits per heavy atom. The van der Waals surface area contributed by atoms with Gasteiger partial charge in [0.1, 0.15) is 4.90 Å². The molecule has 0 atom stereocenters. The molecule has 0 unspecified atom stereocenters. The molecule has 6 heteroatoms. The zero-order valence-corrected chi connectivity index (χ0v) is 10.2. The van der Waals surface area contributed by atoms with Gasteiger partial charge >= 0.3 is 0 Å². The molecule has 0 aliphatic rings. The molecule has 1 rings (SSSR count). The molecule has 5 nitrogen and oxygen atoms in total. The first kappa shape index (κ1) is 12.7. The lowest BCUT2D eigenvalue weighted by molar-refractivity contribution is 0.578. The van der Waals surface area contributed by atoms with Gasteiger partial charge < -0.3 is 0 Å². The fraction of sp³-hybridized carbons (Fsp3) is 0.500. The summed E-state index contributed by atoms with van der Waals surface area (Å²) < 4.78 is 26.2. The number of nitrogens with zero attached hydrogens (tertiary/aromatic N) is 1. The van der Waals surface area contributed by atoms with Gasteiger partial charge in [0.25, 0.3) is 0 Å². The standard InChI is InChI=1S/C10H15N3O2S/c1-4-5-6-7-11-16(14,15)10-8(2)12-13-9(10)3/h1,11H,5-7H2,2-3H3,(H,12,13). The maximum Gasteiger partial charge on any atom is 0.244 e. The summed E-state index contributed by atoms with van der Waals surface area (Å²) in [5, 5.41) is 6.49. The van der Waals surface area contributed by atoms with Crippen LogP contribution in [-0.4, -0.2) is 25.2 Å². The number of aromatic amines is 1. The van der Waals surface area contributed by atoms with Crippen LogP contribution in [-0.2, 0) is 10.0 Å². The van der Waals surface area contributed by atoms with Crippen molar-refractivity contribution in [2.75, 3.05) is 6.54 Å². The van der Waals surface area contributed by atoms with Gasteiger partial charge in [0.05, 0.1) is 11.4 Å². The number of unbranched alkanes of at least 4 members (excludes halogenated alkanes) is 1. The van der Waals surface area contributed by atoms with Gasteiger partial charge in [-0.2, -0.15) is 5.10 Å². The Bertz CT molecular complexity index is 477. The van der Waals surface area contributed by atoms with Crippen LogP contribution in [0.5, 0.6) is 0 Å². The lowest BCUT2D eigenvalue weighted by Crippen LogP contribution is -2.25. The third kappa shape index (κ3) is 2.84. The number of aryl methyl sites for hydroxylation is 2. The van der Waals surface area contributed by atoms with Gasteiger partial charge in [-0.15, -0.1) is 12.3 Å². The van der Waals surface area contributed by atoms with E-state index >= 15 is 0 Å². The van der Waals surface area contributed by atoms with Crippen LogP contribution in [0.3, 0.4) is 0 Å². The topological polar surface area (TPSA) is 74.8 Å². The van der Waals surface area contributed by atoms with E-state index in [1.54, 1.807) is 13.8 Å². The van der Waals surface area contributed by atoms with Crippen LogP contribution in [0.1, 0.15) is 24.2 Å². The predicted molar refractivity (Wildman–Crippen MR) is 61.3 cm³/mol. The smallest absolute Gasteiger partial charge is 0.244 e. The summed E-state index contributed by atoms with van der Waals surface area (Å²) in [5.74, 6) is 2.46. The Hall–Kier alpha value is -1.32. The SMILES string of the molecule is C#CCCCNS(=O)(=O)c1c(C)n[nH]c1C. The van der Waals surface area contributed by atoms with Crippen molar-refractivity contribution >= 4 is 10.0 Å². The summed E-state index contributed by atoms with van der Waals surface area (Å²) in [6.45, 7) is 3.67. The Labute approximate surface area is 95.7 Å². The average Bonchev–Trinajstić information content (AvgIpc) is 2.54. The molecular weight excluding hydrogens is 226 g/mol. The fourth-order valence-electron chi connectivity index (χ4n) is 1.41. The van der Waals surface area contributed by atoms with Crippen molar-refractivity contribution in [1.29, 1.82) is 0 Å². The van der Waals surface area contributed by atoms with Crippen molar-refractivity contribution in [1.82, 2.24) is 14.9 Å². The molecule has 1 aromatic rings. The van der Waals surface area contributed by atoms with Gasteiger partial charge in [0.2, 0.25) is 10.0 Å². The molecule has 0 saturated carbocycles. The van der Waals surface area contributed by atoms with Crippen LogP contribution >= 0.6 is 0 Å².